The zero-order chi connectivity index (χ0) is 34.8. The average molecular weight is 688 g/mol. The molecule has 3 aliphatic rings. The smallest absolute Gasteiger partial charge is 0.219 e. The number of rotatable bonds is 17. The van der Waals surface area contributed by atoms with Crippen LogP contribution in [0.3, 0.4) is 0 Å². The molecule has 11 N–H and O–H groups in total. The highest BCUT2D eigenvalue weighted by molar-refractivity contribution is 5.76. The van der Waals surface area contributed by atoms with Gasteiger partial charge in [-0.05, 0) is 26.2 Å². The first kappa shape index (κ1) is 39.9. The molecule has 3 rings (SSSR count). The maximum absolute atomic E-state index is 12.0. The van der Waals surface area contributed by atoms with E-state index in [1.165, 1.54) is 6.92 Å². The molecule has 19 heteroatoms. The van der Waals surface area contributed by atoms with Gasteiger partial charge >= 0.3 is 0 Å². The molecule has 0 radical (unpaired) electrons. The summed E-state index contributed by atoms with van der Waals surface area (Å²) in [4.78, 5) is 23.0. The van der Waals surface area contributed by atoms with Gasteiger partial charge in [-0.2, -0.15) is 0 Å². The number of hydrogen-bond acceptors (Lipinski definition) is 18. The second kappa shape index (κ2) is 19.0. The standard InChI is InChI=1S/C28H49NO18/c1-12(32)5-2-3-6-16(33)29-7-4-8-42-27-24(41)25(47-28-23(40)21(38)18(35)14(10-31)45-28)19(36)15(46-27)11-43-26-22(39)20(37)17(34)13(9-30)44-26/h13-15,17-28,30-31,34-41H,2-11H2,1H3,(H,29,33)/t13-,14-,15-,17-,18-,19-,20+,21+,22+,23+,24+,25+,26+,27-,28-/m1/s1. The van der Waals surface area contributed by atoms with Crippen molar-refractivity contribution in [3.05, 3.63) is 0 Å². The van der Waals surface area contributed by atoms with E-state index in [0.717, 1.165) is 0 Å². The maximum Gasteiger partial charge on any atom is 0.219 e. The number of Topliss-reactive ketones (excluding diaryl/α,β-unsaturated/α-hetero) is 1. The van der Waals surface area contributed by atoms with Gasteiger partial charge in [0.15, 0.2) is 18.9 Å². The Bertz CT molecular complexity index is 958. The number of ether oxygens (including phenoxy) is 6. The molecule has 1 amide bonds. The number of nitrogens with one attached hydrogen (secondary N) is 1. The van der Waals surface area contributed by atoms with E-state index in [0.29, 0.717) is 19.3 Å². The number of aliphatic hydroxyl groups is 10. The van der Waals surface area contributed by atoms with Crippen LogP contribution in [0.1, 0.15) is 39.0 Å². The molecule has 3 aliphatic heterocycles. The fourth-order valence-corrected chi connectivity index (χ4v) is 5.32. The molecular weight excluding hydrogens is 638 g/mol. The van der Waals surface area contributed by atoms with Gasteiger partial charge in [-0.15, -0.1) is 0 Å². The van der Waals surface area contributed by atoms with Gasteiger partial charge < -0.3 is 89.6 Å². The molecule has 0 aromatic carbocycles. The minimum atomic E-state index is -1.87. The SMILES string of the molecule is CC(=O)CCCCC(=O)NCCCO[C@@H]1O[C@H](CO[C@H]2O[C@H](CO)[C@@H](O)[C@H](O)[C@@H]2O)[C@@H](O)[C@H](O[C@H]2O[C@H](CO)[C@@H](O)[C@H](O)[C@@H]2O)[C@@H]1O. The number of carbonyl (C=O) groups is 2. The molecule has 0 spiro atoms. The Balaban J connectivity index is 1.64. The average Bonchev–Trinajstić information content (AvgIpc) is 3.04. The van der Waals surface area contributed by atoms with Gasteiger partial charge in [0, 0.05) is 19.4 Å². The van der Waals surface area contributed by atoms with Crippen LogP contribution >= 0.6 is 0 Å². The van der Waals surface area contributed by atoms with Gasteiger partial charge in [0.25, 0.3) is 0 Å². The summed E-state index contributed by atoms with van der Waals surface area (Å²) in [5.74, 6) is -0.172. The summed E-state index contributed by atoms with van der Waals surface area (Å²) in [6.45, 7) is -0.469. The lowest BCUT2D eigenvalue weighted by atomic mass is 9.96. The van der Waals surface area contributed by atoms with Crippen molar-refractivity contribution in [3.8, 4) is 0 Å². The van der Waals surface area contributed by atoms with Crippen LogP contribution in [0.2, 0.25) is 0 Å². The summed E-state index contributed by atoms with van der Waals surface area (Å²) < 4.78 is 33.2. The number of unbranched alkanes of at least 4 members (excludes halogenated alkanes) is 1. The lowest BCUT2D eigenvalue weighted by Gasteiger charge is -2.46. The summed E-state index contributed by atoms with van der Waals surface area (Å²) in [5, 5.41) is 105. The van der Waals surface area contributed by atoms with Gasteiger partial charge in [-0.1, -0.05) is 0 Å². The van der Waals surface area contributed by atoms with Crippen molar-refractivity contribution in [2.75, 3.05) is 33.0 Å². The minimum absolute atomic E-state index is 0.0470. The second-order valence-corrected chi connectivity index (χ2v) is 11.8. The van der Waals surface area contributed by atoms with Gasteiger partial charge in [0.05, 0.1) is 26.4 Å². The fourth-order valence-electron chi connectivity index (χ4n) is 5.32. The van der Waals surface area contributed by atoms with Gasteiger partial charge in [0.2, 0.25) is 5.91 Å². The molecule has 0 aliphatic carbocycles. The van der Waals surface area contributed by atoms with Crippen LogP contribution in [-0.4, -0.2) is 188 Å². The molecule has 0 aromatic rings. The number of aliphatic hydroxyl groups excluding tert-OH is 10. The Hall–Kier alpha value is -1.50. The summed E-state index contributed by atoms with van der Waals surface area (Å²) in [7, 11) is 0. The number of hydrogen-bond donors (Lipinski definition) is 11. The predicted octanol–water partition coefficient (Wildman–Crippen LogP) is -5.89. The van der Waals surface area contributed by atoms with Crippen molar-refractivity contribution in [1.82, 2.24) is 5.32 Å². The maximum atomic E-state index is 12.0. The van der Waals surface area contributed by atoms with Crippen LogP contribution in [-0.2, 0) is 38.0 Å². The van der Waals surface area contributed by atoms with Crippen LogP contribution in [0.15, 0.2) is 0 Å². The molecular formula is C28H49NO18. The number of ketones is 1. The topological polar surface area (TPSA) is 304 Å². The Morgan fingerprint density at radius 3 is 1.74 bits per heavy atom. The van der Waals surface area contributed by atoms with E-state index in [2.05, 4.69) is 5.32 Å². The number of carbonyl (C=O) groups excluding carboxylic acids is 2. The quantitative estimate of drug-likeness (QED) is 0.0634. The summed E-state index contributed by atoms with van der Waals surface area (Å²) in [5.41, 5.74) is 0. The highest BCUT2D eigenvalue weighted by Gasteiger charge is 2.52. The molecule has 0 unspecified atom stereocenters. The third kappa shape index (κ3) is 10.7. The van der Waals surface area contributed by atoms with E-state index in [9.17, 15) is 60.7 Å². The molecule has 3 saturated heterocycles. The van der Waals surface area contributed by atoms with Crippen molar-refractivity contribution in [1.29, 1.82) is 0 Å². The Morgan fingerprint density at radius 2 is 1.15 bits per heavy atom. The highest BCUT2D eigenvalue weighted by atomic mass is 16.7. The van der Waals surface area contributed by atoms with E-state index in [4.69, 9.17) is 28.4 Å². The first-order chi connectivity index (χ1) is 22.3. The van der Waals surface area contributed by atoms with Crippen LogP contribution in [0.25, 0.3) is 0 Å². The summed E-state index contributed by atoms with van der Waals surface area (Å²) in [6, 6.07) is 0. The molecule has 0 bridgehead atoms. The van der Waals surface area contributed by atoms with E-state index in [1.807, 2.05) is 0 Å². The Morgan fingerprint density at radius 1 is 0.617 bits per heavy atom. The van der Waals surface area contributed by atoms with Crippen LogP contribution in [0.5, 0.6) is 0 Å². The third-order valence-corrected chi connectivity index (χ3v) is 8.16. The summed E-state index contributed by atoms with van der Waals surface area (Å²) >= 11 is 0. The van der Waals surface area contributed by atoms with Crippen molar-refractivity contribution in [3.63, 3.8) is 0 Å². The monoisotopic (exact) mass is 687 g/mol. The molecule has 47 heavy (non-hydrogen) atoms. The van der Waals surface area contributed by atoms with E-state index < -0.39 is 112 Å². The van der Waals surface area contributed by atoms with E-state index in [-0.39, 0.29) is 37.7 Å². The second-order valence-electron chi connectivity index (χ2n) is 11.8. The third-order valence-electron chi connectivity index (χ3n) is 8.16. The first-order valence-electron chi connectivity index (χ1n) is 15.6. The zero-order valence-electron chi connectivity index (χ0n) is 26.0. The van der Waals surface area contributed by atoms with Crippen molar-refractivity contribution < 1.29 is 89.1 Å². The van der Waals surface area contributed by atoms with Crippen LogP contribution in [0, 0.1) is 0 Å². The lowest BCUT2D eigenvalue weighted by molar-refractivity contribution is -0.366. The van der Waals surface area contributed by atoms with E-state index >= 15 is 0 Å². The molecule has 3 heterocycles. The van der Waals surface area contributed by atoms with Crippen molar-refractivity contribution in [2.24, 2.45) is 0 Å². The minimum Gasteiger partial charge on any atom is -0.394 e. The Labute approximate surface area is 270 Å². The Kier molecular flexibility index (Phi) is 16.2. The van der Waals surface area contributed by atoms with E-state index in [1.54, 1.807) is 0 Å². The van der Waals surface area contributed by atoms with Crippen LogP contribution in [0.4, 0.5) is 0 Å². The molecule has 274 valence electrons. The number of amides is 1. The molecule has 0 saturated carbocycles. The van der Waals surface area contributed by atoms with Crippen molar-refractivity contribution >= 4 is 11.7 Å². The predicted molar refractivity (Wildman–Crippen MR) is 152 cm³/mol. The first-order valence-corrected chi connectivity index (χ1v) is 15.6. The normalized spacial score (nSPS) is 41.0. The molecule has 0 aromatic heterocycles. The molecule has 15 atom stereocenters. The lowest BCUT2D eigenvalue weighted by Crippen LogP contribution is -2.65. The molecule has 3 fully saturated rings. The van der Waals surface area contributed by atoms with Gasteiger partial charge in [-0.3, -0.25) is 4.79 Å². The zero-order valence-corrected chi connectivity index (χ0v) is 26.0. The van der Waals surface area contributed by atoms with Gasteiger partial charge in [-0.25, -0.2) is 0 Å². The summed E-state index contributed by atoms with van der Waals surface area (Å²) in [6.07, 6.45) is -22.6. The van der Waals surface area contributed by atoms with Crippen molar-refractivity contribution in [2.45, 2.75) is 131 Å². The largest absolute Gasteiger partial charge is 0.394 e. The van der Waals surface area contributed by atoms with Crippen LogP contribution < -0.4 is 5.32 Å². The van der Waals surface area contributed by atoms with Gasteiger partial charge in [0.1, 0.15) is 79.0 Å². The fraction of sp³-hybridized carbons (Fsp3) is 0.929. The molecule has 19 nitrogen and oxygen atoms in total. The highest BCUT2D eigenvalue weighted by Crippen LogP contribution is 2.31.